The summed E-state index contributed by atoms with van der Waals surface area (Å²) < 4.78 is 24.9. The van der Waals surface area contributed by atoms with Gasteiger partial charge in [-0.2, -0.15) is 0 Å². The molecule has 1 fully saturated rings. The molecule has 0 bridgehead atoms. The van der Waals surface area contributed by atoms with E-state index in [4.69, 9.17) is 0 Å². The standard InChI is InChI=1S/C18H28N2O3S/c1-19(2)24(22,23)13-7-12-20-11-6-10-17(15-20)18(21)14-16-8-4-3-5-9-16/h3-5,8-9,17H,6-7,10-15H2,1-2H3. The molecule has 1 atom stereocenters. The highest BCUT2D eigenvalue weighted by molar-refractivity contribution is 7.89. The number of nitrogens with zero attached hydrogens (tertiary/aromatic N) is 2. The zero-order valence-corrected chi connectivity index (χ0v) is 15.5. The lowest BCUT2D eigenvalue weighted by atomic mass is 9.90. The van der Waals surface area contributed by atoms with Crippen LogP contribution in [0.3, 0.4) is 0 Å². The molecule has 1 aromatic rings. The number of sulfonamides is 1. The van der Waals surface area contributed by atoms with Crippen molar-refractivity contribution < 1.29 is 13.2 Å². The Labute approximate surface area is 145 Å². The van der Waals surface area contributed by atoms with E-state index in [0.717, 1.165) is 38.0 Å². The zero-order valence-electron chi connectivity index (χ0n) is 14.6. The Morgan fingerprint density at radius 1 is 1.25 bits per heavy atom. The lowest BCUT2D eigenvalue weighted by Crippen LogP contribution is -2.40. The maximum absolute atomic E-state index is 12.5. The number of hydrogen-bond donors (Lipinski definition) is 0. The summed E-state index contributed by atoms with van der Waals surface area (Å²) in [5, 5.41) is 0. The monoisotopic (exact) mass is 352 g/mol. The molecule has 1 unspecified atom stereocenters. The van der Waals surface area contributed by atoms with Crippen LogP contribution < -0.4 is 0 Å². The van der Waals surface area contributed by atoms with Crippen molar-refractivity contribution in [1.82, 2.24) is 9.21 Å². The number of ketones is 1. The first-order valence-corrected chi connectivity index (χ1v) is 10.2. The zero-order chi connectivity index (χ0) is 17.6. The molecule has 5 nitrogen and oxygen atoms in total. The van der Waals surface area contributed by atoms with E-state index in [2.05, 4.69) is 4.90 Å². The van der Waals surface area contributed by atoms with Crippen LogP contribution in [0, 0.1) is 5.92 Å². The largest absolute Gasteiger partial charge is 0.303 e. The second kappa shape index (κ2) is 8.74. The van der Waals surface area contributed by atoms with Crippen LogP contribution in [0.5, 0.6) is 0 Å². The van der Waals surface area contributed by atoms with E-state index < -0.39 is 10.0 Å². The van der Waals surface area contributed by atoms with Gasteiger partial charge in [0.1, 0.15) is 5.78 Å². The average molecular weight is 353 g/mol. The van der Waals surface area contributed by atoms with Crippen LogP contribution in [0.1, 0.15) is 24.8 Å². The summed E-state index contributed by atoms with van der Waals surface area (Å²) in [5.41, 5.74) is 1.07. The van der Waals surface area contributed by atoms with Gasteiger partial charge in [0, 0.05) is 33.0 Å². The summed E-state index contributed by atoms with van der Waals surface area (Å²) in [6.07, 6.45) is 3.05. The molecule has 0 radical (unpaired) electrons. The molecule has 1 aliphatic rings. The quantitative estimate of drug-likeness (QED) is 0.716. The summed E-state index contributed by atoms with van der Waals surface area (Å²) in [6.45, 7) is 2.45. The molecular weight excluding hydrogens is 324 g/mol. The van der Waals surface area contributed by atoms with E-state index in [-0.39, 0.29) is 11.7 Å². The first kappa shape index (κ1) is 19.1. The lowest BCUT2D eigenvalue weighted by Gasteiger charge is -2.32. The van der Waals surface area contributed by atoms with Gasteiger partial charge < -0.3 is 4.90 Å². The van der Waals surface area contributed by atoms with Gasteiger partial charge in [-0.3, -0.25) is 4.79 Å². The van der Waals surface area contributed by atoms with Crippen molar-refractivity contribution in [2.24, 2.45) is 5.92 Å². The van der Waals surface area contributed by atoms with E-state index in [0.29, 0.717) is 18.6 Å². The highest BCUT2D eigenvalue weighted by Gasteiger charge is 2.25. The fourth-order valence-corrected chi connectivity index (χ4v) is 3.98. The Hall–Kier alpha value is -1.24. The van der Waals surface area contributed by atoms with Crippen LogP contribution in [-0.4, -0.2) is 62.9 Å². The Morgan fingerprint density at radius 3 is 2.62 bits per heavy atom. The molecule has 1 aliphatic heterocycles. The fraction of sp³-hybridized carbons (Fsp3) is 0.611. The summed E-state index contributed by atoms with van der Waals surface area (Å²) in [4.78, 5) is 14.7. The number of hydrogen-bond acceptors (Lipinski definition) is 4. The van der Waals surface area contributed by atoms with Gasteiger partial charge in [-0.05, 0) is 37.9 Å². The molecule has 0 amide bonds. The highest BCUT2D eigenvalue weighted by atomic mass is 32.2. The Kier molecular flexibility index (Phi) is 6.95. The SMILES string of the molecule is CN(C)S(=O)(=O)CCCN1CCCC(C(=O)Cc2ccccc2)C1. The summed E-state index contributed by atoms with van der Waals surface area (Å²) in [7, 11) is -0.00184. The second-order valence-electron chi connectivity index (χ2n) is 6.72. The first-order valence-electron chi connectivity index (χ1n) is 8.57. The van der Waals surface area contributed by atoms with E-state index >= 15 is 0 Å². The Bertz CT molecular complexity index is 629. The van der Waals surface area contributed by atoms with Gasteiger partial charge in [0.2, 0.25) is 10.0 Å². The summed E-state index contributed by atoms with van der Waals surface area (Å²) >= 11 is 0. The summed E-state index contributed by atoms with van der Waals surface area (Å²) in [6, 6.07) is 9.86. The molecule has 0 N–H and O–H groups in total. The second-order valence-corrected chi connectivity index (χ2v) is 9.02. The van der Waals surface area contributed by atoms with Crippen LogP contribution in [0.4, 0.5) is 0 Å². The molecular formula is C18H28N2O3S. The van der Waals surface area contributed by atoms with Gasteiger partial charge in [-0.25, -0.2) is 12.7 Å². The highest BCUT2D eigenvalue weighted by Crippen LogP contribution is 2.19. The molecule has 6 heteroatoms. The van der Waals surface area contributed by atoms with Gasteiger partial charge in [-0.15, -0.1) is 0 Å². The third-order valence-corrected chi connectivity index (χ3v) is 6.53. The third kappa shape index (κ3) is 5.69. The van der Waals surface area contributed by atoms with Crippen LogP contribution in [0.25, 0.3) is 0 Å². The minimum absolute atomic E-state index is 0.0735. The maximum Gasteiger partial charge on any atom is 0.213 e. The molecule has 24 heavy (non-hydrogen) atoms. The molecule has 0 aliphatic carbocycles. The molecule has 2 rings (SSSR count). The third-order valence-electron chi connectivity index (χ3n) is 4.62. The Balaban J connectivity index is 1.80. The van der Waals surface area contributed by atoms with Gasteiger partial charge in [0.25, 0.3) is 0 Å². The molecule has 0 saturated carbocycles. The van der Waals surface area contributed by atoms with Crippen molar-refractivity contribution in [1.29, 1.82) is 0 Å². The number of benzene rings is 1. The predicted octanol–water partition coefficient (Wildman–Crippen LogP) is 1.79. The van der Waals surface area contributed by atoms with Crippen LogP contribution in [0.2, 0.25) is 0 Å². The molecule has 0 aromatic heterocycles. The minimum atomic E-state index is -3.13. The fourth-order valence-electron chi connectivity index (χ4n) is 3.12. The lowest BCUT2D eigenvalue weighted by molar-refractivity contribution is -0.123. The number of likely N-dealkylation sites (tertiary alicyclic amines) is 1. The smallest absolute Gasteiger partial charge is 0.213 e. The number of carbonyl (C=O) groups is 1. The molecule has 134 valence electrons. The first-order chi connectivity index (χ1) is 11.4. The van der Waals surface area contributed by atoms with Crippen molar-refractivity contribution in [3.8, 4) is 0 Å². The number of piperidine rings is 1. The maximum atomic E-state index is 12.5. The van der Waals surface area contributed by atoms with Gasteiger partial charge in [0.15, 0.2) is 0 Å². The van der Waals surface area contributed by atoms with Crippen molar-refractivity contribution in [2.45, 2.75) is 25.7 Å². The van der Waals surface area contributed by atoms with Gasteiger partial charge in [0.05, 0.1) is 5.75 Å². The number of Topliss-reactive ketones (excluding diaryl/α,β-unsaturated/α-hetero) is 1. The number of rotatable bonds is 8. The Morgan fingerprint density at radius 2 is 1.96 bits per heavy atom. The van der Waals surface area contributed by atoms with Crippen molar-refractivity contribution in [3.05, 3.63) is 35.9 Å². The minimum Gasteiger partial charge on any atom is -0.303 e. The van der Waals surface area contributed by atoms with E-state index in [1.807, 2.05) is 30.3 Å². The molecule has 1 saturated heterocycles. The van der Waals surface area contributed by atoms with Crippen molar-refractivity contribution >= 4 is 15.8 Å². The predicted molar refractivity (Wildman–Crippen MR) is 96.4 cm³/mol. The van der Waals surface area contributed by atoms with Gasteiger partial charge in [-0.1, -0.05) is 30.3 Å². The van der Waals surface area contributed by atoms with E-state index in [1.165, 1.54) is 4.31 Å². The normalized spacial score (nSPS) is 19.5. The van der Waals surface area contributed by atoms with Crippen LogP contribution in [-0.2, 0) is 21.2 Å². The van der Waals surface area contributed by atoms with Crippen LogP contribution >= 0.6 is 0 Å². The molecule has 0 spiro atoms. The van der Waals surface area contributed by atoms with Crippen molar-refractivity contribution in [3.63, 3.8) is 0 Å². The average Bonchev–Trinajstić information content (AvgIpc) is 2.56. The van der Waals surface area contributed by atoms with E-state index in [1.54, 1.807) is 14.1 Å². The van der Waals surface area contributed by atoms with Crippen LogP contribution in [0.15, 0.2) is 30.3 Å². The van der Waals surface area contributed by atoms with Crippen molar-refractivity contribution in [2.75, 3.05) is 39.5 Å². The van der Waals surface area contributed by atoms with Gasteiger partial charge >= 0.3 is 0 Å². The summed E-state index contributed by atoms with van der Waals surface area (Å²) in [5.74, 6) is 0.537. The molecule has 1 aromatic carbocycles. The number of carbonyl (C=O) groups excluding carboxylic acids is 1. The topological polar surface area (TPSA) is 57.7 Å². The molecule has 1 heterocycles. The van der Waals surface area contributed by atoms with E-state index in [9.17, 15) is 13.2 Å².